The maximum Gasteiger partial charge on any atom is 0.333 e. The molecule has 1 N–H and O–H groups in total. The third-order valence-electron chi connectivity index (χ3n) is 3.43. The molecule has 1 heterocycles. The molecule has 0 aliphatic carbocycles. The molecule has 1 unspecified atom stereocenters. The van der Waals surface area contributed by atoms with Gasteiger partial charge in [0.05, 0.1) is 12.2 Å². The van der Waals surface area contributed by atoms with E-state index in [0.29, 0.717) is 18.2 Å². The molecule has 25 heavy (non-hydrogen) atoms. The minimum atomic E-state index is -1.02. The zero-order chi connectivity index (χ0) is 19.4. The van der Waals surface area contributed by atoms with Crippen LogP contribution in [0.5, 0.6) is 0 Å². The molecule has 1 atom stereocenters. The number of hydrogen-bond acceptors (Lipinski definition) is 3. The van der Waals surface area contributed by atoms with Crippen molar-refractivity contribution in [2.45, 2.75) is 40.0 Å². The van der Waals surface area contributed by atoms with E-state index < -0.39 is 11.9 Å². The van der Waals surface area contributed by atoms with E-state index in [1.807, 2.05) is 27.7 Å². The summed E-state index contributed by atoms with van der Waals surface area (Å²) in [7, 11) is 1.53. The summed E-state index contributed by atoms with van der Waals surface area (Å²) in [6.45, 7) is 8.71. The van der Waals surface area contributed by atoms with E-state index in [1.165, 1.54) is 18.2 Å². The van der Waals surface area contributed by atoms with Crippen LogP contribution in [0.2, 0.25) is 5.02 Å². The number of carbonyl (C=O) groups excluding carboxylic acids is 1. The first kappa shape index (κ1) is 23.2. The highest BCUT2D eigenvalue weighted by Gasteiger charge is 2.32. The van der Waals surface area contributed by atoms with E-state index >= 15 is 0 Å². The Morgan fingerprint density at radius 3 is 2.28 bits per heavy atom. The van der Waals surface area contributed by atoms with Crippen LogP contribution in [-0.4, -0.2) is 42.1 Å². The van der Waals surface area contributed by atoms with Crippen LogP contribution in [0.25, 0.3) is 0 Å². The van der Waals surface area contributed by atoms with E-state index in [-0.39, 0.29) is 17.9 Å². The second kappa shape index (κ2) is 12.5. The SMILES string of the molecule is CC.CC.COCCN1C=C(C(=O)O)C(c2ccc(Cl)cc2)CC1=O. The molecule has 0 aromatic heterocycles. The van der Waals surface area contributed by atoms with Gasteiger partial charge in [-0.05, 0) is 17.7 Å². The van der Waals surface area contributed by atoms with Crippen LogP contribution in [0.3, 0.4) is 0 Å². The molecule has 0 spiro atoms. The quantitative estimate of drug-likeness (QED) is 0.839. The van der Waals surface area contributed by atoms with Crippen molar-refractivity contribution in [1.29, 1.82) is 0 Å². The number of carboxylic acid groups (broad SMARTS) is 1. The molecule has 2 rings (SSSR count). The highest BCUT2D eigenvalue weighted by atomic mass is 35.5. The Bertz CT molecular complexity index is 569. The van der Waals surface area contributed by atoms with Crippen LogP contribution in [0.4, 0.5) is 0 Å². The second-order valence-corrected chi connectivity index (χ2v) is 5.21. The summed E-state index contributed by atoms with van der Waals surface area (Å²) in [5, 5.41) is 9.96. The number of amides is 1. The van der Waals surface area contributed by atoms with E-state index in [2.05, 4.69) is 0 Å². The van der Waals surface area contributed by atoms with Gasteiger partial charge >= 0.3 is 5.97 Å². The number of carboxylic acids is 1. The molecule has 1 amide bonds. The lowest BCUT2D eigenvalue weighted by Crippen LogP contribution is -2.36. The Labute approximate surface area is 155 Å². The van der Waals surface area contributed by atoms with E-state index in [0.717, 1.165) is 5.56 Å². The number of rotatable bonds is 5. The maximum atomic E-state index is 12.1. The first-order valence-corrected chi connectivity index (χ1v) is 8.89. The standard InChI is InChI=1S/C15H16ClNO4.2C2H6/c1-21-7-6-17-9-13(15(19)20)12(8-14(17)18)10-2-4-11(16)5-3-10;2*1-2/h2-5,9,12H,6-8H2,1H3,(H,19,20);2*1-2H3. The van der Waals surface area contributed by atoms with Crippen LogP contribution < -0.4 is 0 Å². The summed E-state index contributed by atoms with van der Waals surface area (Å²) in [5.74, 6) is -1.59. The van der Waals surface area contributed by atoms with Gasteiger partial charge in [0.15, 0.2) is 0 Å². The molecule has 140 valence electrons. The molecule has 1 aromatic carbocycles. The smallest absolute Gasteiger partial charge is 0.333 e. The predicted molar refractivity (Wildman–Crippen MR) is 101 cm³/mol. The van der Waals surface area contributed by atoms with Crippen LogP contribution in [-0.2, 0) is 14.3 Å². The molecule has 1 aromatic rings. The van der Waals surface area contributed by atoms with Crippen molar-refractivity contribution in [3.05, 3.63) is 46.6 Å². The predicted octanol–water partition coefficient (Wildman–Crippen LogP) is 4.32. The lowest BCUT2D eigenvalue weighted by Gasteiger charge is -2.29. The van der Waals surface area contributed by atoms with E-state index in [9.17, 15) is 14.7 Å². The molecular formula is C19H28ClNO4. The van der Waals surface area contributed by atoms with Crippen molar-refractivity contribution < 1.29 is 19.4 Å². The van der Waals surface area contributed by atoms with Crippen LogP contribution in [0.1, 0.15) is 45.6 Å². The summed E-state index contributed by atoms with van der Waals surface area (Å²) in [6, 6.07) is 6.89. The number of carbonyl (C=O) groups is 2. The maximum absolute atomic E-state index is 12.1. The van der Waals surface area contributed by atoms with Gasteiger partial charge < -0.3 is 14.7 Å². The Kier molecular flexibility index (Phi) is 11.6. The molecule has 0 saturated heterocycles. The highest BCUT2D eigenvalue weighted by Crippen LogP contribution is 2.33. The third kappa shape index (κ3) is 6.88. The monoisotopic (exact) mass is 369 g/mol. The van der Waals surface area contributed by atoms with Crippen LogP contribution in [0, 0.1) is 0 Å². The fourth-order valence-corrected chi connectivity index (χ4v) is 2.43. The van der Waals surface area contributed by atoms with Gasteiger partial charge in [0, 0.05) is 37.2 Å². The zero-order valence-corrected chi connectivity index (χ0v) is 16.3. The fraction of sp³-hybridized carbons (Fsp3) is 0.474. The number of ether oxygens (including phenoxy) is 1. The zero-order valence-electron chi connectivity index (χ0n) is 15.6. The average Bonchev–Trinajstić information content (AvgIpc) is 2.64. The normalized spacial score (nSPS) is 16.1. The number of hydrogen-bond donors (Lipinski definition) is 1. The summed E-state index contributed by atoms with van der Waals surface area (Å²) < 4.78 is 4.93. The second-order valence-electron chi connectivity index (χ2n) is 4.78. The number of nitrogens with zero attached hydrogens (tertiary/aromatic N) is 1. The average molecular weight is 370 g/mol. The largest absolute Gasteiger partial charge is 0.478 e. The summed E-state index contributed by atoms with van der Waals surface area (Å²) >= 11 is 5.84. The minimum absolute atomic E-state index is 0.114. The van der Waals surface area contributed by atoms with Gasteiger partial charge in [-0.2, -0.15) is 0 Å². The van der Waals surface area contributed by atoms with Crippen molar-refractivity contribution in [2.75, 3.05) is 20.3 Å². The number of aliphatic carboxylic acids is 1. The minimum Gasteiger partial charge on any atom is -0.478 e. The van der Waals surface area contributed by atoms with Crippen LogP contribution >= 0.6 is 11.6 Å². The molecule has 1 aliphatic heterocycles. The Balaban J connectivity index is 0.00000134. The Hall–Kier alpha value is -1.85. The topological polar surface area (TPSA) is 66.8 Å². The van der Waals surface area contributed by atoms with Gasteiger partial charge in [-0.3, -0.25) is 4.79 Å². The molecular weight excluding hydrogens is 342 g/mol. The van der Waals surface area contributed by atoms with Crippen molar-refractivity contribution in [3.8, 4) is 0 Å². The molecule has 1 aliphatic rings. The Morgan fingerprint density at radius 2 is 1.80 bits per heavy atom. The number of benzene rings is 1. The first-order chi connectivity index (χ1) is 12.0. The van der Waals surface area contributed by atoms with Crippen molar-refractivity contribution >= 4 is 23.5 Å². The highest BCUT2D eigenvalue weighted by molar-refractivity contribution is 6.30. The van der Waals surface area contributed by atoms with Crippen molar-refractivity contribution in [3.63, 3.8) is 0 Å². The summed E-state index contributed by atoms with van der Waals surface area (Å²) in [4.78, 5) is 25.0. The molecule has 0 fully saturated rings. The van der Waals surface area contributed by atoms with E-state index in [1.54, 1.807) is 24.3 Å². The van der Waals surface area contributed by atoms with Gasteiger partial charge in [-0.1, -0.05) is 51.4 Å². The van der Waals surface area contributed by atoms with Gasteiger partial charge in [0.2, 0.25) is 5.91 Å². The molecule has 5 nitrogen and oxygen atoms in total. The lowest BCUT2D eigenvalue weighted by atomic mass is 9.86. The molecule has 0 bridgehead atoms. The lowest BCUT2D eigenvalue weighted by molar-refractivity contribution is -0.134. The van der Waals surface area contributed by atoms with Gasteiger partial charge in [-0.25, -0.2) is 4.79 Å². The summed E-state index contributed by atoms with van der Waals surface area (Å²) in [6.07, 6.45) is 1.54. The molecule has 0 radical (unpaired) electrons. The molecule has 0 saturated carbocycles. The Morgan fingerprint density at radius 1 is 1.24 bits per heavy atom. The van der Waals surface area contributed by atoms with Crippen molar-refractivity contribution in [1.82, 2.24) is 4.90 Å². The van der Waals surface area contributed by atoms with Crippen LogP contribution in [0.15, 0.2) is 36.0 Å². The number of halogens is 1. The van der Waals surface area contributed by atoms with Gasteiger partial charge in [0.1, 0.15) is 0 Å². The third-order valence-corrected chi connectivity index (χ3v) is 3.68. The van der Waals surface area contributed by atoms with Crippen molar-refractivity contribution in [2.24, 2.45) is 0 Å². The first-order valence-electron chi connectivity index (χ1n) is 8.51. The van der Waals surface area contributed by atoms with Gasteiger partial charge in [-0.15, -0.1) is 0 Å². The summed E-state index contributed by atoms with van der Waals surface area (Å²) in [5.41, 5.74) is 0.973. The molecule has 6 heteroatoms. The number of methoxy groups -OCH3 is 1. The van der Waals surface area contributed by atoms with E-state index in [4.69, 9.17) is 16.3 Å². The fourth-order valence-electron chi connectivity index (χ4n) is 2.31. The van der Waals surface area contributed by atoms with Gasteiger partial charge in [0.25, 0.3) is 0 Å².